The minimum Gasteiger partial charge on any atom is -0.495 e. The van der Waals surface area contributed by atoms with Gasteiger partial charge in [0.05, 0.1) is 18.5 Å². The molecule has 0 aliphatic heterocycles. The summed E-state index contributed by atoms with van der Waals surface area (Å²) in [6.07, 6.45) is 7.05. The molecule has 0 spiro atoms. The number of fused-ring (bicyclic) bond motifs is 1. The number of anilines is 1. The van der Waals surface area contributed by atoms with Gasteiger partial charge in [-0.15, -0.1) is 0 Å². The molecule has 0 bridgehead atoms. The number of amides is 1. The molecule has 30 heavy (non-hydrogen) atoms. The lowest BCUT2D eigenvalue weighted by molar-refractivity contribution is -0.111. The fraction of sp³-hybridized carbons (Fsp3) is 0.0833. The number of imidazole rings is 1. The van der Waals surface area contributed by atoms with Crippen molar-refractivity contribution in [2.24, 2.45) is 0 Å². The Labute approximate surface area is 179 Å². The van der Waals surface area contributed by atoms with Gasteiger partial charge in [-0.05, 0) is 54.5 Å². The number of benzene rings is 2. The number of hydrogen-bond acceptors (Lipinski definition) is 3. The Kier molecular flexibility index (Phi) is 5.55. The first-order chi connectivity index (χ1) is 14.5. The van der Waals surface area contributed by atoms with Crippen molar-refractivity contribution in [3.63, 3.8) is 0 Å². The van der Waals surface area contributed by atoms with E-state index in [-0.39, 0.29) is 5.91 Å². The van der Waals surface area contributed by atoms with Gasteiger partial charge in [0.15, 0.2) is 0 Å². The monoisotopic (exact) mass is 417 g/mol. The topological polar surface area (TPSA) is 55.6 Å². The van der Waals surface area contributed by atoms with Crippen molar-refractivity contribution < 1.29 is 9.53 Å². The van der Waals surface area contributed by atoms with Crippen molar-refractivity contribution in [3.05, 3.63) is 89.2 Å². The molecule has 0 fully saturated rings. The SMILES string of the molecule is COc1ccc(-c2cn3cccc(C)c3n2)cc1NC(=O)/C=C/c1ccccc1Cl. The van der Waals surface area contributed by atoms with E-state index >= 15 is 0 Å². The zero-order valence-corrected chi connectivity index (χ0v) is 17.4. The highest BCUT2D eigenvalue weighted by molar-refractivity contribution is 6.32. The summed E-state index contributed by atoms with van der Waals surface area (Å²) in [5.41, 5.74) is 5.03. The summed E-state index contributed by atoms with van der Waals surface area (Å²) >= 11 is 6.14. The van der Waals surface area contributed by atoms with E-state index < -0.39 is 0 Å². The molecule has 1 N–H and O–H groups in total. The van der Waals surface area contributed by atoms with Crippen LogP contribution in [0.2, 0.25) is 5.02 Å². The average molecular weight is 418 g/mol. The van der Waals surface area contributed by atoms with Crippen molar-refractivity contribution >= 4 is 34.9 Å². The Bertz CT molecular complexity index is 1260. The van der Waals surface area contributed by atoms with E-state index in [0.717, 1.165) is 28.0 Å². The molecule has 0 saturated heterocycles. The van der Waals surface area contributed by atoms with E-state index in [1.807, 2.05) is 72.2 Å². The molecule has 0 saturated carbocycles. The third kappa shape index (κ3) is 4.07. The predicted octanol–water partition coefficient (Wildman–Crippen LogP) is 5.62. The average Bonchev–Trinajstić information content (AvgIpc) is 3.19. The molecule has 1 amide bonds. The molecule has 0 unspecified atom stereocenters. The van der Waals surface area contributed by atoms with E-state index in [4.69, 9.17) is 21.3 Å². The maximum absolute atomic E-state index is 12.5. The van der Waals surface area contributed by atoms with E-state index in [1.165, 1.54) is 6.08 Å². The summed E-state index contributed by atoms with van der Waals surface area (Å²) in [5, 5.41) is 3.46. The van der Waals surface area contributed by atoms with Gasteiger partial charge >= 0.3 is 0 Å². The summed E-state index contributed by atoms with van der Waals surface area (Å²) in [7, 11) is 1.57. The van der Waals surface area contributed by atoms with Crippen LogP contribution in [-0.2, 0) is 4.79 Å². The van der Waals surface area contributed by atoms with Crippen LogP contribution in [0.25, 0.3) is 23.0 Å². The minimum atomic E-state index is -0.281. The maximum Gasteiger partial charge on any atom is 0.248 e. The quantitative estimate of drug-likeness (QED) is 0.428. The number of aromatic nitrogens is 2. The molecule has 150 valence electrons. The molecule has 6 heteroatoms. The Balaban J connectivity index is 1.62. The smallest absolute Gasteiger partial charge is 0.248 e. The third-order valence-electron chi connectivity index (χ3n) is 4.75. The second kappa shape index (κ2) is 8.43. The molecule has 2 aromatic heterocycles. The van der Waals surface area contributed by atoms with Gasteiger partial charge < -0.3 is 14.5 Å². The number of carbonyl (C=O) groups is 1. The van der Waals surface area contributed by atoms with E-state index in [0.29, 0.717) is 16.5 Å². The largest absolute Gasteiger partial charge is 0.495 e. The van der Waals surface area contributed by atoms with Crippen LogP contribution in [0, 0.1) is 6.92 Å². The van der Waals surface area contributed by atoms with Gasteiger partial charge in [-0.3, -0.25) is 4.79 Å². The summed E-state index contributed by atoms with van der Waals surface area (Å²) in [4.78, 5) is 17.2. The van der Waals surface area contributed by atoms with Crippen LogP contribution < -0.4 is 10.1 Å². The summed E-state index contributed by atoms with van der Waals surface area (Å²) in [6, 6.07) is 16.9. The molecular formula is C24H20ClN3O2. The lowest BCUT2D eigenvalue weighted by Crippen LogP contribution is -2.09. The van der Waals surface area contributed by atoms with Crippen LogP contribution in [0.3, 0.4) is 0 Å². The van der Waals surface area contributed by atoms with Gasteiger partial charge in [0.2, 0.25) is 5.91 Å². The molecule has 2 heterocycles. The number of ether oxygens (including phenoxy) is 1. The first-order valence-corrected chi connectivity index (χ1v) is 9.79. The fourth-order valence-electron chi connectivity index (χ4n) is 3.21. The standard InChI is InChI=1S/C24H20ClN3O2/c1-16-6-5-13-28-15-21(27-24(16)28)18-9-11-22(30-2)20(14-18)26-23(29)12-10-17-7-3-4-8-19(17)25/h3-15H,1-2H3,(H,26,29)/b12-10+. The van der Waals surface area contributed by atoms with Crippen LogP contribution in [0.4, 0.5) is 5.69 Å². The van der Waals surface area contributed by atoms with Crippen molar-refractivity contribution in [1.29, 1.82) is 0 Å². The second-order valence-electron chi connectivity index (χ2n) is 6.81. The van der Waals surface area contributed by atoms with Gasteiger partial charge in [-0.1, -0.05) is 35.9 Å². The van der Waals surface area contributed by atoms with Gasteiger partial charge in [0.25, 0.3) is 0 Å². The number of rotatable bonds is 5. The number of carbonyl (C=O) groups excluding carboxylic acids is 1. The van der Waals surface area contributed by atoms with Crippen molar-refractivity contribution in [3.8, 4) is 17.0 Å². The summed E-state index contributed by atoms with van der Waals surface area (Å²) in [5.74, 6) is 0.286. The highest BCUT2D eigenvalue weighted by Gasteiger charge is 2.11. The normalized spacial score (nSPS) is 11.2. The third-order valence-corrected chi connectivity index (χ3v) is 5.09. The van der Waals surface area contributed by atoms with Crippen molar-refractivity contribution in [2.45, 2.75) is 6.92 Å². The van der Waals surface area contributed by atoms with Crippen LogP contribution in [-0.4, -0.2) is 22.4 Å². The first-order valence-electron chi connectivity index (χ1n) is 9.41. The lowest BCUT2D eigenvalue weighted by Gasteiger charge is -2.10. The number of nitrogens with one attached hydrogen (secondary N) is 1. The molecule has 0 atom stereocenters. The number of halogens is 1. The van der Waals surface area contributed by atoms with Crippen LogP contribution in [0.15, 0.2) is 73.1 Å². The van der Waals surface area contributed by atoms with E-state index in [1.54, 1.807) is 19.3 Å². The number of methoxy groups -OCH3 is 1. The number of aryl methyl sites for hydroxylation is 1. The van der Waals surface area contributed by atoms with Crippen molar-refractivity contribution in [2.75, 3.05) is 12.4 Å². The second-order valence-corrected chi connectivity index (χ2v) is 7.21. The minimum absolute atomic E-state index is 0.281. The first kappa shape index (κ1) is 19.7. The van der Waals surface area contributed by atoms with Gasteiger partial charge in [0, 0.05) is 29.1 Å². The van der Waals surface area contributed by atoms with Crippen LogP contribution in [0.1, 0.15) is 11.1 Å². The van der Waals surface area contributed by atoms with Crippen molar-refractivity contribution in [1.82, 2.24) is 9.38 Å². The Hall–Kier alpha value is -3.57. The molecule has 2 aromatic carbocycles. The zero-order chi connectivity index (χ0) is 21.1. The Morgan fingerprint density at radius 2 is 2.00 bits per heavy atom. The van der Waals surface area contributed by atoms with Crippen LogP contribution in [0.5, 0.6) is 5.75 Å². The van der Waals surface area contributed by atoms with E-state index in [9.17, 15) is 4.79 Å². The highest BCUT2D eigenvalue weighted by Crippen LogP contribution is 2.31. The predicted molar refractivity (Wildman–Crippen MR) is 121 cm³/mol. The summed E-state index contributed by atoms with van der Waals surface area (Å²) < 4.78 is 7.40. The highest BCUT2D eigenvalue weighted by atomic mass is 35.5. The molecular weight excluding hydrogens is 398 g/mol. The Morgan fingerprint density at radius 3 is 2.77 bits per heavy atom. The number of pyridine rings is 1. The maximum atomic E-state index is 12.5. The fourth-order valence-corrected chi connectivity index (χ4v) is 3.41. The number of hydrogen-bond donors (Lipinski definition) is 1. The Morgan fingerprint density at radius 1 is 1.17 bits per heavy atom. The lowest BCUT2D eigenvalue weighted by atomic mass is 10.1. The van der Waals surface area contributed by atoms with Gasteiger partial charge in [-0.25, -0.2) is 4.98 Å². The summed E-state index contributed by atoms with van der Waals surface area (Å²) in [6.45, 7) is 2.02. The molecule has 4 aromatic rings. The molecule has 0 aliphatic carbocycles. The molecule has 0 radical (unpaired) electrons. The molecule has 5 nitrogen and oxygen atoms in total. The van der Waals surface area contributed by atoms with E-state index in [2.05, 4.69) is 5.32 Å². The van der Waals surface area contributed by atoms with Crippen LogP contribution >= 0.6 is 11.6 Å². The molecule has 0 aliphatic rings. The zero-order valence-electron chi connectivity index (χ0n) is 16.6. The number of nitrogens with zero attached hydrogens (tertiary/aromatic N) is 2. The van der Waals surface area contributed by atoms with Gasteiger partial charge in [-0.2, -0.15) is 0 Å². The molecule has 4 rings (SSSR count). The van der Waals surface area contributed by atoms with Gasteiger partial charge in [0.1, 0.15) is 11.4 Å².